The van der Waals surface area contributed by atoms with Crippen LogP contribution in [0.2, 0.25) is 5.02 Å². The monoisotopic (exact) mass is 526 g/mol. The van der Waals surface area contributed by atoms with Gasteiger partial charge in [0.2, 0.25) is 5.88 Å². The average Bonchev–Trinajstić information content (AvgIpc) is 3.46. The lowest BCUT2D eigenvalue weighted by molar-refractivity contribution is 0.0950. The first-order valence-corrected chi connectivity index (χ1v) is 12.6. The molecular formula is C29H26ClF3N2O2. The summed E-state index contributed by atoms with van der Waals surface area (Å²) in [5.41, 5.74) is 2.70. The van der Waals surface area contributed by atoms with Gasteiger partial charge in [0.15, 0.2) is 17.4 Å². The molecule has 0 atom stereocenters. The predicted octanol–water partition coefficient (Wildman–Crippen LogP) is 7.69. The van der Waals surface area contributed by atoms with Gasteiger partial charge in [-0.05, 0) is 68.1 Å². The lowest BCUT2D eigenvalue weighted by Crippen LogP contribution is -2.26. The SMILES string of the molecule is Cc1cc(OCc2c(F)ccc(F)c2F)n2nc(C)c(C(=O)CC3(c4ccc(Cl)cc4)CCCC3)c2c1. The Morgan fingerprint density at radius 2 is 1.70 bits per heavy atom. The summed E-state index contributed by atoms with van der Waals surface area (Å²) in [5.74, 6) is -3.17. The zero-order valence-corrected chi connectivity index (χ0v) is 21.3. The number of nitrogens with zero attached hydrogens (tertiary/aromatic N) is 2. The fourth-order valence-corrected chi connectivity index (χ4v) is 5.60. The van der Waals surface area contributed by atoms with E-state index in [1.807, 2.05) is 37.3 Å². The molecule has 1 aliphatic rings. The van der Waals surface area contributed by atoms with Gasteiger partial charge in [-0.25, -0.2) is 17.7 Å². The standard InChI is InChI=1S/C29H26ClF3N2O2/c1-17-13-24-27(25(36)15-29(11-3-4-12-29)19-5-7-20(30)8-6-19)18(2)34-35(24)26(14-17)37-16-21-22(31)9-10-23(32)28(21)33/h5-10,13-14H,3-4,11-12,15-16H2,1-2H3. The number of aryl methyl sites for hydroxylation is 2. The third-order valence-corrected chi connectivity index (χ3v) is 7.57. The maximum absolute atomic E-state index is 14.2. The summed E-state index contributed by atoms with van der Waals surface area (Å²) in [5, 5.41) is 5.18. The van der Waals surface area contributed by atoms with Crippen molar-refractivity contribution in [3.8, 4) is 5.88 Å². The second-order valence-electron chi connectivity index (χ2n) is 9.83. The number of benzene rings is 2. The molecule has 192 valence electrons. The number of hydrogen-bond donors (Lipinski definition) is 0. The molecule has 0 spiro atoms. The number of ether oxygens (including phenoxy) is 1. The van der Waals surface area contributed by atoms with Gasteiger partial charge < -0.3 is 4.74 Å². The van der Waals surface area contributed by atoms with E-state index in [2.05, 4.69) is 5.10 Å². The number of carbonyl (C=O) groups excluding carboxylic acids is 1. The van der Waals surface area contributed by atoms with Crippen molar-refractivity contribution in [3.63, 3.8) is 0 Å². The molecule has 0 radical (unpaired) electrons. The van der Waals surface area contributed by atoms with Gasteiger partial charge in [-0.3, -0.25) is 4.79 Å². The van der Waals surface area contributed by atoms with Gasteiger partial charge in [0, 0.05) is 22.9 Å². The second kappa shape index (κ2) is 9.86. The number of ketones is 1. The first-order valence-electron chi connectivity index (χ1n) is 12.2. The summed E-state index contributed by atoms with van der Waals surface area (Å²) in [4.78, 5) is 13.8. The van der Waals surface area contributed by atoms with Crippen LogP contribution in [0.1, 0.15) is 64.8 Å². The van der Waals surface area contributed by atoms with Gasteiger partial charge in [-0.2, -0.15) is 5.10 Å². The predicted molar refractivity (Wildman–Crippen MR) is 136 cm³/mol. The Kier molecular flexibility index (Phi) is 6.75. The minimum Gasteiger partial charge on any atom is -0.473 e. The Morgan fingerprint density at radius 3 is 2.41 bits per heavy atom. The number of pyridine rings is 1. The van der Waals surface area contributed by atoms with E-state index in [0.29, 0.717) is 28.2 Å². The van der Waals surface area contributed by atoms with Crippen LogP contribution in [0.3, 0.4) is 0 Å². The molecule has 2 aromatic heterocycles. The smallest absolute Gasteiger partial charge is 0.215 e. The maximum atomic E-state index is 14.2. The van der Waals surface area contributed by atoms with E-state index in [0.717, 1.165) is 48.9 Å². The summed E-state index contributed by atoms with van der Waals surface area (Å²) in [6.45, 7) is 3.06. The van der Waals surface area contributed by atoms with Crippen LogP contribution in [0.4, 0.5) is 13.2 Å². The fourth-order valence-electron chi connectivity index (χ4n) is 5.47. The van der Waals surface area contributed by atoms with Crippen LogP contribution in [0.5, 0.6) is 5.88 Å². The molecule has 0 bridgehead atoms. The van der Waals surface area contributed by atoms with E-state index in [4.69, 9.17) is 16.3 Å². The third-order valence-electron chi connectivity index (χ3n) is 7.32. The van der Waals surface area contributed by atoms with Gasteiger partial charge in [-0.1, -0.05) is 36.6 Å². The van der Waals surface area contributed by atoms with E-state index in [9.17, 15) is 18.0 Å². The number of fused-ring (bicyclic) bond motifs is 1. The van der Waals surface area contributed by atoms with E-state index in [1.54, 1.807) is 13.0 Å². The topological polar surface area (TPSA) is 43.6 Å². The molecule has 0 saturated heterocycles. The number of halogens is 4. The first kappa shape index (κ1) is 25.3. The number of aromatic nitrogens is 2. The van der Waals surface area contributed by atoms with Crippen LogP contribution in [-0.4, -0.2) is 15.4 Å². The Balaban J connectivity index is 1.49. The average molecular weight is 527 g/mol. The molecule has 0 N–H and O–H groups in total. The highest BCUT2D eigenvalue weighted by Crippen LogP contribution is 2.45. The number of rotatable bonds is 7. The van der Waals surface area contributed by atoms with Crippen molar-refractivity contribution in [2.24, 2.45) is 0 Å². The molecule has 0 unspecified atom stereocenters. The Labute approximate surface area is 218 Å². The molecule has 1 saturated carbocycles. The summed E-state index contributed by atoms with van der Waals surface area (Å²) in [7, 11) is 0. The summed E-state index contributed by atoms with van der Waals surface area (Å²) in [6, 6.07) is 12.8. The van der Waals surface area contributed by atoms with Crippen LogP contribution in [0.25, 0.3) is 5.52 Å². The van der Waals surface area contributed by atoms with Crippen LogP contribution < -0.4 is 4.74 Å². The van der Waals surface area contributed by atoms with Gasteiger partial charge in [0.1, 0.15) is 12.4 Å². The zero-order valence-electron chi connectivity index (χ0n) is 20.6. The molecule has 1 fully saturated rings. The van der Waals surface area contributed by atoms with E-state index in [-0.39, 0.29) is 17.1 Å². The molecule has 0 aliphatic heterocycles. The maximum Gasteiger partial charge on any atom is 0.215 e. The van der Waals surface area contributed by atoms with Gasteiger partial charge in [-0.15, -0.1) is 0 Å². The number of Topliss-reactive ketones (excluding diaryl/α,β-unsaturated/α-hetero) is 1. The summed E-state index contributed by atoms with van der Waals surface area (Å²) in [6.07, 6.45) is 4.26. The molecular weight excluding hydrogens is 501 g/mol. The lowest BCUT2D eigenvalue weighted by Gasteiger charge is -2.29. The molecule has 0 amide bonds. The summed E-state index contributed by atoms with van der Waals surface area (Å²) >= 11 is 6.11. The van der Waals surface area contributed by atoms with Crippen molar-refractivity contribution in [1.29, 1.82) is 0 Å². The van der Waals surface area contributed by atoms with Crippen molar-refractivity contribution in [2.45, 2.75) is 58.0 Å². The van der Waals surface area contributed by atoms with Crippen molar-refractivity contribution in [1.82, 2.24) is 9.61 Å². The normalized spacial score (nSPS) is 14.9. The van der Waals surface area contributed by atoms with Crippen molar-refractivity contribution in [2.75, 3.05) is 0 Å². The van der Waals surface area contributed by atoms with E-state index in [1.165, 1.54) is 4.52 Å². The molecule has 5 rings (SSSR count). The number of carbonyl (C=O) groups is 1. The van der Waals surface area contributed by atoms with E-state index >= 15 is 0 Å². The zero-order chi connectivity index (χ0) is 26.3. The van der Waals surface area contributed by atoms with Crippen LogP contribution in [0.15, 0.2) is 48.5 Å². The fraction of sp³-hybridized carbons (Fsp3) is 0.310. The lowest BCUT2D eigenvalue weighted by atomic mass is 9.74. The number of hydrogen-bond acceptors (Lipinski definition) is 3. The van der Waals surface area contributed by atoms with Gasteiger partial charge in [0.05, 0.1) is 22.3 Å². The van der Waals surface area contributed by atoms with Gasteiger partial charge >= 0.3 is 0 Å². The molecule has 1 aliphatic carbocycles. The van der Waals surface area contributed by atoms with Crippen LogP contribution >= 0.6 is 11.6 Å². The molecule has 8 heteroatoms. The Morgan fingerprint density at radius 1 is 1.03 bits per heavy atom. The third kappa shape index (κ3) is 4.73. The highest BCUT2D eigenvalue weighted by atomic mass is 35.5. The van der Waals surface area contributed by atoms with Crippen LogP contribution in [-0.2, 0) is 12.0 Å². The second-order valence-corrected chi connectivity index (χ2v) is 10.3. The molecule has 2 aromatic carbocycles. The Hall–Kier alpha value is -3.32. The van der Waals surface area contributed by atoms with Crippen molar-refractivity contribution < 1.29 is 22.7 Å². The van der Waals surface area contributed by atoms with Gasteiger partial charge in [0.25, 0.3) is 0 Å². The highest BCUT2D eigenvalue weighted by molar-refractivity contribution is 6.30. The van der Waals surface area contributed by atoms with E-state index < -0.39 is 29.6 Å². The van der Waals surface area contributed by atoms with Crippen molar-refractivity contribution in [3.05, 3.63) is 99.0 Å². The largest absolute Gasteiger partial charge is 0.473 e. The Bertz CT molecular complexity index is 1490. The quantitative estimate of drug-likeness (QED) is 0.183. The highest BCUT2D eigenvalue weighted by Gasteiger charge is 2.38. The molecule has 37 heavy (non-hydrogen) atoms. The molecule has 2 heterocycles. The minimum atomic E-state index is -1.29. The minimum absolute atomic E-state index is 0.0249. The first-order chi connectivity index (χ1) is 17.7. The van der Waals surface area contributed by atoms with Crippen LogP contribution in [0, 0.1) is 31.3 Å². The summed E-state index contributed by atoms with van der Waals surface area (Å²) < 4.78 is 49.1. The van der Waals surface area contributed by atoms with Crippen molar-refractivity contribution >= 4 is 22.9 Å². The molecule has 4 nitrogen and oxygen atoms in total. The molecule has 4 aromatic rings.